The molecule has 1 aromatic carbocycles. The lowest BCUT2D eigenvalue weighted by molar-refractivity contribution is 0.565. The first-order chi connectivity index (χ1) is 12.3. The van der Waals surface area contributed by atoms with Gasteiger partial charge in [0, 0.05) is 57.2 Å². The van der Waals surface area contributed by atoms with Crippen molar-refractivity contribution in [2.75, 3.05) is 38.1 Å². The van der Waals surface area contributed by atoms with Crippen LogP contribution in [0.5, 0.6) is 0 Å². The van der Waals surface area contributed by atoms with Crippen molar-refractivity contribution in [3.63, 3.8) is 0 Å². The molecule has 5 heteroatoms. The Morgan fingerprint density at radius 2 is 2.00 bits per heavy atom. The number of anilines is 1. The summed E-state index contributed by atoms with van der Waals surface area (Å²) in [6, 6.07) is 16.7. The van der Waals surface area contributed by atoms with Gasteiger partial charge in [0.05, 0.1) is 0 Å². The van der Waals surface area contributed by atoms with Crippen molar-refractivity contribution < 1.29 is 0 Å². The number of hydrogen-bond donors (Lipinski definition) is 2. The fraction of sp³-hybridized carbons (Fsp3) is 0.400. The van der Waals surface area contributed by atoms with Crippen LogP contribution >= 0.6 is 0 Å². The summed E-state index contributed by atoms with van der Waals surface area (Å²) in [4.78, 5) is 11.1. The van der Waals surface area contributed by atoms with Gasteiger partial charge in [-0.2, -0.15) is 0 Å². The number of aromatic nitrogens is 1. The molecule has 1 aliphatic rings. The minimum Gasteiger partial charge on any atom is -0.371 e. The highest BCUT2D eigenvalue weighted by Gasteiger charge is 2.22. The van der Waals surface area contributed by atoms with Crippen LogP contribution in [0.3, 0.4) is 0 Å². The van der Waals surface area contributed by atoms with Crippen LogP contribution in [-0.4, -0.2) is 44.2 Å². The number of hydrogen-bond acceptors (Lipinski definition) is 3. The summed E-state index contributed by atoms with van der Waals surface area (Å²) < 4.78 is 0. The molecule has 0 bridgehead atoms. The number of pyridine rings is 1. The summed E-state index contributed by atoms with van der Waals surface area (Å²) in [6.45, 7) is 4.01. The first-order valence-corrected chi connectivity index (χ1v) is 8.99. The van der Waals surface area contributed by atoms with E-state index in [2.05, 4.69) is 61.9 Å². The van der Waals surface area contributed by atoms with E-state index in [1.54, 1.807) is 0 Å². The molecule has 1 atom stereocenters. The monoisotopic (exact) mass is 337 g/mol. The van der Waals surface area contributed by atoms with Gasteiger partial charge in [-0.15, -0.1) is 0 Å². The van der Waals surface area contributed by atoms with Gasteiger partial charge in [-0.25, -0.2) is 0 Å². The van der Waals surface area contributed by atoms with Gasteiger partial charge in [0.1, 0.15) is 0 Å². The molecule has 1 unspecified atom stereocenters. The fourth-order valence-electron chi connectivity index (χ4n) is 3.19. The Hall–Kier alpha value is -2.56. The molecular formula is C20H27N5. The van der Waals surface area contributed by atoms with E-state index < -0.39 is 0 Å². The number of para-hydroxylation sites is 1. The van der Waals surface area contributed by atoms with E-state index in [1.165, 1.54) is 12.1 Å². The Bertz CT molecular complexity index is 656. The maximum absolute atomic E-state index is 4.34. The lowest BCUT2D eigenvalue weighted by Crippen LogP contribution is -2.41. The number of nitrogens with one attached hydrogen (secondary N) is 2. The summed E-state index contributed by atoms with van der Waals surface area (Å²) in [5.74, 6) is 1.52. The lowest BCUT2D eigenvalue weighted by atomic mass is 10.1. The first kappa shape index (κ1) is 17.3. The summed E-state index contributed by atoms with van der Waals surface area (Å²) >= 11 is 0. The van der Waals surface area contributed by atoms with Crippen LogP contribution in [0.4, 0.5) is 5.69 Å². The second-order valence-electron chi connectivity index (χ2n) is 6.39. The highest BCUT2D eigenvalue weighted by atomic mass is 15.2. The number of nitrogens with zero attached hydrogens (tertiary/aromatic N) is 3. The molecule has 1 saturated heterocycles. The van der Waals surface area contributed by atoms with E-state index in [0.717, 1.165) is 44.3 Å². The van der Waals surface area contributed by atoms with E-state index in [-0.39, 0.29) is 0 Å². The molecule has 0 saturated carbocycles. The molecule has 0 aliphatic carbocycles. The molecule has 25 heavy (non-hydrogen) atoms. The molecule has 1 aliphatic heterocycles. The van der Waals surface area contributed by atoms with Crippen LogP contribution in [0.25, 0.3) is 0 Å². The van der Waals surface area contributed by atoms with E-state index >= 15 is 0 Å². The van der Waals surface area contributed by atoms with Crippen molar-refractivity contribution in [1.29, 1.82) is 0 Å². The van der Waals surface area contributed by atoms with E-state index in [1.807, 2.05) is 25.4 Å². The molecule has 1 aromatic heterocycles. The van der Waals surface area contributed by atoms with Crippen LogP contribution in [-0.2, 0) is 6.42 Å². The van der Waals surface area contributed by atoms with Crippen LogP contribution in [0, 0.1) is 5.92 Å². The van der Waals surface area contributed by atoms with Gasteiger partial charge < -0.3 is 15.5 Å². The third-order valence-electron chi connectivity index (χ3n) is 4.59. The van der Waals surface area contributed by atoms with Crippen molar-refractivity contribution in [3.8, 4) is 0 Å². The predicted molar refractivity (Wildman–Crippen MR) is 104 cm³/mol. The molecule has 1 fully saturated rings. The smallest absolute Gasteiger partial charge is 0.190 e. The van der Waals surface area contributed by atoms with Crippen molar-refractivity contribution in [3.05, 3.63) is 60.4 Å². The third-order valence-corrected chi connectivity index (χ3v) is 4.59. The number of benzene rings is 1. The van der Waals surface area contributed by atoms with Gasteiger partial charge in [-0.3, -0.25) is 9.98 Å². The average molecular weight is 337 g/mol. The molecule has 0 spiro atoms. The van der Waals surface area contributed by atoms with E-state index in [9.17, 15) is 0 Å². The minimum absolute atomic E-state index is 0.648. The maximum atomic E-state index is 4.34. The fourth-order valence-corrected chi connectivity index (χ4v) is 3.19. The third kappa shape index (κ3) is 5.21. The molecule has 0 radical (unpaired) electrons. The molecule has 5 nitrogen and oxygen atoms in total. The Balaban J connectivity index is 1.38. The average Bonchev–Trinajstić information content (AvgIpc) is 3.15. The largest absolute Gasteiger partial charge is 0.371 e. The van der Waals surface area contributed by atoms with Crippen molar-refractivity contribution in [2.45, 2.75) is 12.8 Å². The Morgan fingerprint density at radius 3 is 2.76 bits per heavy atom. The number of aliphatic imine (C=N–C) groups is 1. The second-order valence-corrected chi connectivity index (χ2v) is 6.39. The lowest BCUT2D eigenvalue weighted by Gasteiger charge is -2.19. The minimum atomic E-state index is 0.648. The molecule has 3 rings (SSSR count). The highest BCUT2D eigenvalue weighted by Crippen LogP contribution is 2.22. The summed E-state index contributed by atoms with van der Waals surface area (Å²) in [7, 11) is 1.82. The summed E-state index contributed by atoms with van der Waals surface area (Å²) in [6.07, 6.45) is 3.95. The van der Waals surface area contributed by atoms with Gasteiger partial charge in [-0.1, -0.05) is 24.3 Å². The van der Waals surface area contributed by atoms with Gasteiger partial charge in [-0.05, 0) is 36.6 Å². The Labute approximate surface area is 150 Å². The first-order valence-electron chi connectivity index (χ1n) is 8.99. The predicted octanol–water partition coefficient (Wildman–Crippen LogP) is 2.32. The SMILES string of the molecule is CN=C(NCCc1ccccn1)NCC1CCN(c2ccccc2)C1. The summed E-state index contributed by atoms with van der Waals surface area (Å²) in [5, 5.41) is 6.83. The van der Waals surface area contributed by atoms with Crippen molar-refractivity contribution >= 4 is 11.6 Å². The maximum Gasteiger partial charge on any atom is 0.190 e. The van der Waals surface area contributed by atoms with Crippen LogP contribution in [0.15, 0.2) is 59.7 Å². The quantitative estimate of drug-likeness (QED) is 0.627. The molecule has 2 aromatic rings. The molecular weight excluding hydrogens is 310 g/mol. The van der Waals surface area contributed by atoms with Crippen LogP contribution in [0.1, 0.15) is 12.1 Å². The molecule has 132 valence electrons. The molecule has 0 amide bonds. The standard InChI is InChI=1S/C20H27N5/c1-21-20(23-13-10-18-7-5-6-12-22-18)24-15-17-11-14-25(16-17)19-8-3-2-4-9-19/h2-9,12,17H,10-11,13-16H2,1H3,(H2,21,23,24). The topological polar surface area (TPSA) is 52.6 Å². The zero-order chi connectivity index (χ0) is 17.3. The van der Waals surface area contributed by atoms with E-state index in [0.29, 0.717) is 5.92 Å². The normalized spacial score (nSPS) is 17.6. The zero-order valence-electron chi connectivity index (χ0n) is 14.9. The van der Waals surface area contributed by atoms with Gasteiger partial charge in [0.2, 0.25) is 0 Å². The zero-order valence-corrected chi connectivity index (χ0v) is 14.9. The van der Waals surface area contributed by atoms with Gasteiger partial charge in [0.15, 0.2) is 5.96 Å². The molecule has 2 heterocycles. The van der Waals surface area contributed by atoms with Crippen molar-refractivity contribution in [2.24, 2.45) is 10.9 Å². The number of rotatable bonds is 6. The Kier molecular flexibility index (Phi) is 6.26. The van der Waals surface area contributed by atoms with Crippen molar-refractivity contribution in [1.82, 2.24) is 15.6 Å². The number of guanidine groups is 1. The highest BCUT2D eigenvalue weighted by molar-refractivity contribution is 5.79. The van der Waals surface area contributed by atoms with E-state index in [4.69, 9.17) is 0 Å². The molecule has 2 N–H and O–H groups in total. The van der Waals surface area contributed by atoms with Crippen LogP contribution < -0.4 is 15.5 Å². The van der Waals surface area contributed by atoms with Gasteiger partial charge >= 0.3 is 0 Å². The summed E-state index contributed by atoms with van der Waals surface area (Å²) in [5.41, 5.74) is 2.42. The van der Waals surface area contributed by atoms with Crippen LogP contribution in [0.2, 0.25) is 0 Å². The second kappa shape index (κ2) is 9.06. The van der Waals surface area contributed by atoms with Gasteiger partial charge in [0.25, 0.3) is 0 Å². The Morgan fingerprint density at radius 1 is 1.16 bits per heavy atom.